The lowest BCUT2D eigenvalue weighted by Gasteiger charge is -2.42. The third-order valence-corrected chi connectivity index (χ3v) is 4.18. The first-order chi connectivity index (χ1) is 10.8. The lowest BCUT2D eigenvalue weighted by atomic mass is 9.99. The summed E-state index contributed by atoms with van der Waals surface area (Å²) in [5.41, 5.74) is 0.568. The average molecular weight is 324 g/mol. The van der Waals surface area contributed by atoms with Crippen LogP contribution in [0.2, 0.25) is 0 Å². The van der Waals surface area contributed by atoms with Crippen molar-refractivity contribution in [3.63, 3.8) is 0 Å². The second kappa shape index (κ2) is 6.66. The zero-order valence-corrected chi connectivity index (χ0v) is 14.7. The van der Waals surface area contributed by atoms with E-state index < -0.39 is 0 Å². The molecule has 1 fully saturated rings. The van der Waals surface area contributed by atoms with Crippen LogP contribution in [0.5, 0.6) is 17.2 Å². The van der Waals surface area contributed by atoms with Gasteiger partial charge in [-0.1, -0.05) is 0 Å². The first-order valence-corrected chi connectivity index (χ1v) is 7.66. The van der Waals surface area contributed by atoms with Crippen LogP contribution in [0.1, 0.15) is 31.1 Å². The van der Waals surface area contributed by atoms with Crippen LogP contribution in [0.3, 0.4) is 0 Å². The molecule has 23 heavy (non-hydrogen) atoms. The normalized spacial score (nSPS) is 20.4. The van der Waals surface area contributed by atoms with Crippen molar-refractivity contribution in [3.8, 4) is 17.2 Å². The number of hydrogen-bond acceptors (Lipinski definition) is 5. The number of rotatable bonds is 5. The second-order valence-corrected chi connectivity index (χ2v) is 6.70. The van der Waals surface area contributed by atoms with Crippen LogP contribution >= 0.6 is 0 Å². The molecule has 0 saturated carbocycles. The van der Waals surface area contributed by atoms with Gasteiger partial charge in [-0.05, 0) is 32.9 Å². The van der Waals surface area contributed by atoms with Crippen molar-refractivity contribution in [2.45, 2.75) is 32.4 Å². The first kappa shape index (κ1) is 17.4. The summed E-state index contributed by atoms with van der Waals surface area (Å²) in [5.74, 6) is 0.962. The van der Waals surface area contributed by atoms with Gasteiger partial charge >= 0.3 is 5.97 Å². The molecule has 2 rings (SSSR count). The Kier molecular flexibility index (Phi) is 5.04. The Morgan fingerprint density at radius 3 is 1.96 bits per heavy atom. The minimum Gasteiger partial charge on any atom is -0.493 e. The van der Waals surface area contributed by atoms with Gasteiger partial charge < -0.3 is 23.8 Å². The number of benzene rings is 1. The summed E-state index contributed by atoms with van der Waals surface area (Å²) in [7, 11) is 4.56. The highest BCUT2D eigenvalue weighted by atomic mass is 16.6. The van der Waals surface area contributed by atoms with Gasteiger partial charge in [0.1, 0.15) is 13.1 Å². The molecule has 128 valence electrons. The second-order valence-electron chi connectivity index (χ2n) is 6.70. The first-order valence-electron chi connectivity index (χ1n) is 7.66. The highest BCUT2D eigenvalue weighted by Crippen LogP contribution is 2.38. The van der Waals surface area contributed by atoms with E-state index in [1.807, 2.05) is 0 Å². The van der Waals surface area contributed by atoms with Gasteiger partial charge in [0.15, 0.2) is 17.6 Å². The maximum atomic E-state index is 12.4. The topological polar surface area (TPSA) is 58.4 Å². The molecule has 0 unspecified atom stereocenters. The Morgan fingerprint density at radius 2 is 1.57 bits per heavy atom. The van der Waals surface area contributed by atoms with Crippen LogP contribution in [0.4, 0.5) is 0 Å². The van der Waals surface area contributed by atoms with E-state index in [0.717, 1.165) is 13.1 Å². The van der Waals surface area contributed by atoms with Crippen LogP contribution < -0.4 is 19.1 Å². The predicted molar refractivity (Wildman–Crippen MR) is 85.8 cm³/mol. The van der Waals surface area contributed by atoms with E-state index in [1.54, 1.807) is 12.1 Å². The molecule has 6 nitrogen and oxygen atoms in total. The molecule has 0 bridgehead atoms. The van der Waals surface area contributed by atoms with Crippen LogP contribution in [-0.4, -0.2) is 52.0 Å². The summed E-state index contributed by atoms with van der Waals surface area (Å²) in [6.45, 7) is 8.21. The third-order valence-electron chi connectivity index (χ3n) is 4.18. The fourth-order valence-corrected chi connectivity index (χ4v) is 2.60. The van der Waals surface area contributed by atoms with Crippen molar-refractivity contribution >= 4 is 5.97 Å². The van der Waals surface area contributed by atoms with Crippen molar-refractivity contribution < 1.29 is 28.6 Å². The van der Waals surface area contributed by atoms with E-state index in [1.165, 1.54) is 26.2 Å². The summed E-state index contributed by atoms with van der Waals surface area (Å²) in [6.07, 6.45) is -0.0455. The molecule has 0 amide bonds. The van der Waals surface area contributed by atoms with Crippen LogP contribution in [0, 0.1) is 0 Å². The van der Waals surface area contributed by atoms with Crippen LogP contribution in [0.25, 0.3) is 0 Å². The summed E-state index contributed by atoms with van der Waals surface area (Å²) >= 11 is 0. The number of nitrogens with one attached hydrogen (secondary N) is 1. The molecule has 1 N–H and O–H groups in total. The fraction of sp³-hybridized carbons (Fsp3) is 0.588. The van der Waals surface area contributed by atoms with E-state index in [2.05, 4.69) is 20.8 Å². The number of hydrogen-bond donors (Lipinski definition) is 1. The van der Waals surface area contributed by atoms with Gasteiger partial charge in [0.2, 0.25) is 5.75 Å². The quantitative estimate of drug-likeness (QED) is 0.817. The smallest absolute Gasteiger partial charge is 0.339 e. The average Bonchev–Trinajstić information content (AvgIpc) is 2.47. The van der Waals surface area contributed by atoms with Gasteiger partial charge in [0, 0.05) is 0 Å². The monoisotopic (exact) mass is 324 g/mol. The minimum absolute atomic E-state index is 0.0455. The lowest BCUT2D eigenvalue weighted by Crippen LogP contribution is -3.27. The minimum atomic E-state index is -0.373. The van der Waals surface area contributed by atoms with Crippen molar-refractivity contribution in [3.05, 3.63) is 17.7 Å². The van der Waals surface area contributed by atoms with Gasteiger partial charge in [0.25, 0.3) is 0 Å². The van der Waals surface area contributed by atoms with Crippen LogP contribution in [0.15, 0.2) is 12.1 Å². The zero-order chi connectivity index (χ0) is 17.2. The molecule has 0 aliphatic carbocycles. The molecule has 0 radical (unpaired) electrons. The van der Waals surface area contributed by atoms with Crippen molar-refractivity contribution in [1.82, 2.24) is 0 Å². The van der Waals surface area contributed by atoms with Crippen molar-refractivity contribution in [1.29, 1.82) is 0 Å². The van der Waals surface area contributed by atoms with E-state index >= 15 is 0 Å². The van der Waals surface area contributed by atoms with Gasteiger partial charge in [-0.25, -0.2) is 4.79 Å². The highest BCUT2D eigenvalue weighted by molar-refractivity contribution is 5.91. The molecule has 6 heteroatoms. The predicted octanol–water partition coefficient (Wildman–Crippen LogP) is 0.935. The Morgan fingerprint density at radius 1 is 1.04 bits per heavy atom. The third kappa shape index (κ3) is 3.69. The Hall–Kier alpha value is -1.95. The molecule has 1 aliphatic heterocycles. The van der Waals surface area contributed by atoms with E-state index in [0.29, 0.717) is 22.8 Å². The zero-order valence-electron chi connectivity index (χ0n) is 14.7. The Labute approximate surface area is 137 Å². The molecule has 0 atom stereocenters. The van der Waals surface area contributed by atoms with Gasteiger partial charge in [-0.2, -0.15) is 0 Å². The van der Waals surface area contributed by atoms with Crippen molar-refractivity contribution in [2.24, 2.45) is 0 Å². The molecular weight excluding hydrogens is 298 g/mol. The fourth-order valence-electron chi connectivity index (χ4n) is 2.60. The lowest BCUT2D eigenvalue weighted by molar-refractivity contribution is -0.990. The molecular formula is C17H26NO5+. The number of carbonyl (C=O) groups excluding carboxylic acids is 1. The number of esters is 1. The number of likely N-dealkylation sites (tertiary alicyclic amines) is 1. The van der Waals surface area contributed by atoms with Gasteiger partial charge in [-0.3, -0.25) is 0 Å². The highest BCUT2D eigenvalue weighted by Gasteiger charge is 2.41. The largest absolute Gasteiger partial charge is 0.493 e. The molecule has 0 spiro atoms. The molecule has 1 heterocycles. The summed E-state index contributed by atoms with van der Waals surface area (Å²) < 4.78 is 21.3. The molecule has 1 aliphatic rings. The molecule has 0 aromatic heterocycles. The number of carbonyl (C=O) groups is 1. The van der Waals surface area contributed by atoms with E-state index in [-0.39, 0.29) is 17.6 Å². The number of ether oxygens (including phenoxy) is 4. The van der Waals surface area contributed by atoms with Crippen molar-refractivity contribution in [2.75, 3.05) is 34.4 Å². The Bertz CT molecular complexity index is 548. The van der Waals surface area contributed by atoms with Crippen LogP contribution in [-0.2, 0) is 4.74 Å². The number of quaternary nitrogens is 1. The molecule has 1 aromatic carbocycles. The molecule has 1 aromatic rings. The summed E-state index contributed by atoms with van der Waals surface area (Å²) in [5, 5.41) is 0. The van der Waals surface area contributed by atoms with Gasteiger partial charge in [-0.15, -0.1) is 0 Å². The standard InChI is InChI=1S/C17H25NO5/c1-17(2,3)18-9-12(10-18)23-16(19)11-7-13(20-4)15(22-6)14(8-11)21-5/h7-8,12H,9-10H2,1-6H3/p+1. The SMILES string of the molecule is COc1cc(C(=O)OC2C[NH+](C(C)(C)C)C2)cc(OC)c1OC. The summed E-state index contributed by atoms with van der Waals surface area (Å²) in [4.78, 5) is 13.8. The molecule has 1 saturated heterocycles. The van der Waals surface area contributed by atoms with E-state index in [4.69, 9.17) is 18.9 Å². The maximum absolute atomic E-state index is 12.4. The van der Waals surface area contributed by atoms with E-state index in [9.17, 15) is 4.79 Å². The summed E-state index contributed by atoms with van der Waals surface area (Å²) in [6, 6.07) is 3.22. The van der Waals surface area contributed by atoms with Gasteiger partial charge in [0.05, 0.1) is 32.4 Å². The number of methoxy groups -OCH3 is 3. The Balaban J connectivity index is 2.09. The maximum Gasteiger partial charge on any atom is 0.339 e.